The van der Waals surface area contributed by atoms with Crippen molar-refractivity contribution >= 4 is 27.3 Å². The number of amides is 1. The number of nitrogens with zero attached hydrogens (tertiary/aromatic N) is 2. The lowest BCUT2D eigenvalue weighted by Crippen LogP contribution is -2.41. The van der Waals surface area contributed by atoms with Gasteiger partial charge in [-0.15, -0.1) is 0 Å². The van der Waals surface area contributed by atoms with Gasteiger partial charge in [0, 0.05) is 36.5 Å². The SMILES string of the molecule is O=C(c1ccc(NS(=O)(=O)c2cccc([N+](=O)[O-])c2)cc1)N1CCC1. The average molecular weight is 361 g/mol. The van der Waals surface area contributed by atoms with Gasteiger partial charge in [0.25, 0.3) is 21.6 Å². The summed E-state index contributed by atoms with van der Waals surface area (Å²) in [6.45, 7) is 1.47. The van der Waals surface area contributed by atoms with Gasteiger partial charge in [-0.3, -0.25) is 19.6 Å². The molecule has 1 saturated heterocycles. The Kier molecular flexibility index (Phi) is 4.41. The van der Waals surface area contributed by atoms with Crippen LogP contribution in [-0.2, 0) is 10.0 Å². The number of carbonyl (C=O) groups excluding carboxylic acids is 1. The number of sulfonamides is 1. The molecule has 0 atom stereocenters. The first-order chi connectivity index (χ1) is 11.9. The second-order valence-electron chi connectivity index (χ2n) is 5.58. The predicted molar refractivity (Wildman–Crippen MR) is 90.9 cm³/mol. The highest BCUT2D eigenvalue weighted by molar-refractivity contribution is 7.92. The van der Waals surface area contributed by atoms with Crippen LogP contribution in [0, 0.1) is 10.1 Å². The second-order valence-corrected chi connectivity index (χ2v) is 7.27. The number of rotatable bonds is 5. The van der Waals surface area contributed by atoms with E-state index in [1.165, 1.54) is 30.3 Å². The Hall–Kier alpha value is -2.94. The zero-order valence-electron chi connectivity index (χ0n) is 13.1. The molecule has 1 aliphatic rings. The van der Waals surface area contributed by atoms with Crippen LogP contribution in [0.15, 0.2) is 53.4 Å². The molecule has 3 rings (SSSR count). The summed E-state index contributed by atoms with van der Waals surface area (Å²) >= 11 is 0. The number of nitro groups is 1. The Morgan fingerprint density at radius 3 is 2.36 bits per heavy atom. The molecule has 1 fully saturated rings. The fraction of sp³-hybridized carbons (Fsp3) is 0.188. The van der Waals surface area contributed by atoms with Crippen molar-refractivity contribution in [2.75, 3.05) is 17.8 Å². The van der Waals surface area contributed by atoms with E-state index in [2.05, 4.69) is 4.72 Å². The van der Waals surface area contributed by atoms with Crippen LogP contribution in [-0.4, -0.2) is 37.2 Å². The van der Waals surface area contributed by atoms with Crippen LogP contribution in [0.4, 0.5) is 11.4 Å². The van der Waals surface area contributed by atoms with E-state index in [9.17, 15) is 23.3 Å². The minimum Gasteiger partial charge on any atom is -0.339 e. The summed E-state index contributed by atoms with van der Waals surface area (Å²) in [4.78, 5) is 23.7. The van der Waals surface area contributed by atoms with Gasteiger partial charge in [0.2, 0.25) is 0 Å². The number of hydrogen-bond acceptors (Lipinski definition) is 5. The van der Waals surface area contributed by atoms with Gasteiger partial charge in [0.15, 0.2) is 0 Å². The van der Waals surface area contributed by atoms with Gasteiger partial charge in [-0.05, 0) is 36.8 Å². The maximum absolute atomic E-state index is 12.4. The standard InChI is InChI=1S/C16H15N3O5S/c20-16(18-9-2-10-18)12-5-7-13(8-6-12)17-25(23,24)15-4-1-3-14(11-15)19(21)22/h1,3-8,11,17H,2,9-10H2. The van der Waals surface area contributed by atoms with E-state index in [1.54, 1.807) is 17.0 Å². The summed E-state index contributed by atoms with van der Waals surface area (Å²) in [7, 11) is -3.96. The average Bonchev–Trinajstić information content (AvgIpc) is 2.53. The number of nitrogens with one attached hydrogen (secondary N) is 1. The zero-order valence-corrected chi connectivity index (χ0v) is 13.9. The molecule has 1 amide bonds. The molecule has 25 heavy (non-hydrogen) atoms. The maximum atomic E-state index is 12.4. The molecule has 0 radical (unpaired) electrons. The van der Waals surface area contributed by atoms with Gasteiger partial charge in [-0.2, -0.15) is 0 Å². The minimum atomic E-state index is -3.96. The van der Waals surface area contributed by atoms with Gasteiger partial charge in [-0.1, -0.05) is 6.07 Å². The molecule has 1 N–H and O–H groups in total. The number of carbonyl (C=O) groups is 1. The lowest BCUT2D eigenvalue weighted by molar-refractivity contribution is -0.385. The smallest absolute Gasteiger partial charge is 0.270 e. The normalized spacial score (nSPS) is 13.8. The number of non-ortho nitro benzene ring substituents is 1. The first kappa shape index (κ1) is 16.9. The van der Waals surface area contributed by atoms with E-state index in [-0.39, 0.29) is 22.2 Å². The van der Waals surface area contributed by atoms with Crippen LogP contribution < -0.4 is 4.72 Å². The van der Waals surface area contributed by atoms with Crippen molar-refractivity contribution in [2.45, 2.75) is 11.3 Å². The lowest BCUT2D eigenvalue weighted by Gasteiger charge is -2.30. The molecule has 0 unspecified atom stereocenters. The highest BCUT2D eigenvalue weighted by Gasteiger charge is 2.22. The Morgan fingerprint density at radius 1 is 1.12 bits per heavy atom. The van der Waals surface area contributed by atoms with Crippen molar-refractivity contribution in [1.82, 2.24) is 4.90 Å². The van der Waals surface area contributed by atoms with Crippen LogP contribution in [0.2, 0.25) is 0 Å². The summed E-state index contributed by atoms with van der Waals surface area (Å²) in [6, 6.07) is 10.9. The third-order valence-corrected chi connectivity index (χ3v) is 5.25. The number of anilines is 1. The highest BCUT2D eigenvalue weighted by Crippen LogP contribution is 2.21. The van der Waals surface area contributed by atoms with Crippen molar-refractivity contribution < 1.29 is 18.1 Å². The Morgan fingerprint density at radius 2 is 1.80 bits per heavy atom. The van der Waals surface area contributed by atoms with Crippen LogP contribution in [0.25, 0.3) is 0 Å². The number of benzene rings is 2. The van der Waals surface area contributed by atoms with Crippen molar-refractivity contribution in [3.05, 3.63) is 64.2 Å². The van der Waals surface area contributed by atoms with Crippen molar-refractivity contribution in [2.24, 2.45) is 0 Å². The first-order valence-electron chi connectivity index (χ1n) is 7.53. The minimum absolute atomic E-state index is 0.0839. The predicted octanol–water partition coefficient (Wildman–Crippen LogP) is 2.24. The number of likely N-dealkylation sites (tertiary alicyclic amines) is 1. The molecule has 2 aromatic rings. The van der Waals surface area contributed by atoms with Gasteiger partial charge in [0.1, 0.15) is 0 Å². The van der Waals surface area contributed by atoms with E-state index in [0.29, 0.717) is 5.56 Å². The van der Waals surface area contributed by atoms with Gasteiger partial charge in [-0.25, -0.2) is 8.42 Å². The summed E-state index contributed by atoms with van der Waals surface area (Å²) < 4.78 is 27.0. The highest BCUT2D eigenvalue weighted by atomic mass is 32.2. The Bertz CT molecular complexity index is 921. The molecule has 0 aliphatic carbocycles. The van der Waals surface area contributed by atoms with E-state index in [1.807, 2.05) is 0 Å². The topological polar surface area (TPSA) is 110 Å². The van der Waals surface area contributed by atoms with Crippen molar-refractivity contribution in [3.8, 4) is 0 Å². The number of nitro benzene ring substituents is 1. The molecule has 1 aliphatic heterocycles. The fourth-order valence-electron chi connectivity index (χ4n) is 2.36. The third-order valence-electron chi connectivity index (χ3n) is 3.87. The first-order valence-corrected chi connectivity index (χ1v) is 9.02. The molecular weight excluding hydrogens is 346 g/mol. The Labute approximate surface area is 144 Å². The monoisotopic (exact) mass is 361 g/mol. The van der Waals surface area contributed by atoms with Gasteiger partial charge >= 0.3 is 0 Å². The van der Waals surface area contributed by atoms with Crippen LogP contribution in [0.5, 0.6) is 0 Å². The molecule has 0 aromatic heterocycles. The molecule has 9 heteroatoms. The quantitative estimate of drug-likeness (QED) is 0.649. The molecule has 2 aromatic carbocycles. The van der Waals surface area contributed by atoms with Crippen LogP contribution in [0.1, 0.15) is 16.8 Å². The van der Waals surface area contributed by atoms with Crippen LogP contribution in [0.3, 0.4) is 0 Å². The molecule has 8 nitrogen and oxygen atoms in total. The Balaban J connectivity index is 1.77. The van der Waals surface area contributed by atoms with Crippen LogP contribution >= 0.6 is 0 Å². The molecular formula is C16H15N3O5S. The van der Waals surface area contributed by atoms with Crippen molar-refractivity contribution in [1.29, 1.82) is 0 Å². The number of hydrogen-bond donors (Lipinski definition) is 1. The van der Waals surface area contributed by atoms with Gasteiger partial charge in [0.05, 0.1) is 9.82 Å². The molecule has 1 heterocycles. The molecule has 0 saturated carbocycles. The molecule has 0 bridgehead atoms. The maximum Gasteiger partial charge on any atom is 0.270 e. The summed E-state index contributed by atoms with van der Waals surface area (Å²) in [5.41, 5.74) is 0.447. The van der Waals surface area contributed by atoms with E-state index >= 15 is 0 Å². The fourth-order valence-corrected chi connectivity index (χ4v) is 3.46. The van der Waals surface area contributed by atoms with E-state index < -0.39 is 14.9 Å². The van der Waals surface area contributed by atoms with E-state index in [0.717, 1.165) is 25.6 Å². The lowest BCUT2D eigenvalue weighted by atomic mass is 10.1. The largest absolute Gasteiger partial charge is 0.339 e. The summed E-state index contributed by atoms with van der Waals surface area (Å²) in [5.74, 6) is -0.0839. The van der Waals surface area contributed by atoms with E-state index in [4.69, 9.17) is 0 Å². The molecule has 130 valence electrons. The second kappa shape index (κ2) is 6.52. The molecule has 0 spiro atoms. The summed E-state index contributed by atoms with van der Waals surface area (Å²) in [5, 5.41) is 10.8. The van der Waals surface area contributed by atoms with Crippen molar-refractivity contribution in [3.63, 3.8) is 0 Å². The zero-order chi connectivity index (χ0) is 18.0. The third kappa shape index (κ3) is 3.61. The summed E-state index contributed by atoms with van der Waals surface area (Å²) in [6.07, 6.45) is 0.993. The van der Waals surface area contributed by atoms with Gasteiger partial charge < -0.3 is 4.90 Å².